The maximum Gasteiger partial charge on any atom is 0.225 e. The van der Waals surface area contributed by atoms with E-state index in [2.05, 4.69) is 35.8 Å². The number of thiophene rings is 1. The quantitative estimate of drug-likeness (QED) is 0.818. The molecule has 3 rings (SSSR count). The molecule has 0 bridgehead atoms. The van der Waals surface area contributed by atoms with Crippen LogP contribution in [0.15, 0.2) is 12.1 Å². The van der Waals surface area contributed by atoms with Crippen molar-refractivity contribution in [2.24, 2.45) is 11.8 Å². The van der Waals surface area contributed by atoms with E-state index in [1.165, 1.54) is 9.75 Å². The molecule has 1 atom stereocenters. The van der Waals surface area contributed by atoms with E-state index in [1.54, 1.807) is 0 Å². The molecule has 1 amide bonds. The summed E-state index contributed by atoms with van der Waals surface area (Å²) in [5.41, 5.74) is 0. The number of carbonyl (C=O) groups excluding carboxylic acids is 1. The second-order valence-corrected chi connectivity index (χ2v) is 8.31. The zero-order valence-corrected chi connectivity index (χ0v) is 15.8. The maximum absolute atomic E-state index is 12.8. The largest absolute Gasteiger partial charge is 0.381 e. The van der Waals surface area contributed by atoms with Gasteiger partial charge in [-0.05, 0) is 37.3 Å². The fraction of sp³-hybridized carbons (Fsp3) is 0.737. The molecule has 24 heavy (non-hydrogen) atoms. The van der Waals surface area contributed by atoms with Gasteiger partial charge in [-0.15, -0.1) is 11.3 Å². The first-order valence-corrected chi connectivity index (χ1v) is 10.2. The Hall–Kier alpha value is -0.910. The van der Waals surface area contributed by atoms with E-state index in [-0.39, 0.29) is 5.92 Å². The number of carbonyl (C=O) groups is 1. The predicted octanol–water partition coefficient (Wildman–Crippen LogP) is 3.02. The topological polar surface area (TPSA) is 32.8 Å². The summed E-state index contributed by atoms with van der Waals surface area (Å²) in [5, 5.41) is 0. The van der Waals surface area contributed by atoms with Crippen molar-refractivity contribution in [1.82, 2.24) is 9.80 Å². The van der Waals surface area contributed by atoms with Crippen molar-refractivity contribution < 1.29 is 9.53 Å². The van der Waals surface area contributed by atoms with Gasteiger partial charge in [-0.2, -0.15) is 0 Å². The Labute approximate surface area is 149 Å². The Morgan fingerprint density at radius 1 is 1.21 bits per heavy atom. The number of ether oxygens (including phenoxy) is 1. The lowest BCUT2D eigenvalue weighted by molar-refractivity contribution is -0.139. The van der Waals surface area contributed by atoms with Gasteiger partial charge in [0, 0.05) is 61.6 Å². The Balaban J connectivity index is 1.46. The van der Waals surface area contributed by atoms with Gasteiger partial charge < -0.3 is 9.64 Å². The van der Waals surface area contributed by atoms with Gasteiger partial charge in [-0.1, -0.05) is 13.8 Å². The first-order chi connectivity index (χ1) is 11.7. The summed E-state index contributed by atoms with van der Waals surface area (Å²) in [4.78, 5) is 20.2. The zero-order valence-electron chi connectivity index (χ0n) is 15.0. The molecule has 3 heterocycles. The molecular formula is C19H30N2O2S. The minimum absolute atomic E-state index is 0.143. The molecule has 1 aromatic rings. The average Bonchev–Trinajstić information content (AvgIpc) is 3.09. The Bertz CT molecular complexity index is 531. The molecule has 134 valence electrons. The van der Waals surface area contributed by atoms with Crippen LogP contribution in [0.25, 0.3) is 0 Å². The van der Waals surface area contributed by atoms with E-state index < -0.39 is 0 Å². The van der Waals surface area contributed by atoms with E-state index in [4.69, 9.17) is 4.74 Å². The highest BCUT2D eigenvalue weighted by atomic mass is 32.1. The molecule has 2 aliphatic heterocycles. The van der Waals surface area contributed by atoms with Crippen LogP contribution >= 0.6 is 11.3 Å². The molecule has 4 nitrogen and oxygen atoms in total. The van der Waals surface area contributed by atoms with Crippen molar-refractivity contribution in [2.75, 3.05) is 39.4 Å². The van der Waals surface area contributed by atoms with Crippen LogP contribution in [0, 0.1) is 11.8 Å². The second-order valence-electron chi connectivity index (χ2n) is 7.06. The van der Waals surface area contributed by atoms with E-state index in [0.29, 0.717) is 11.8 Å². The fourth-order valence-corrected chi connectivity index (χ4v) is 4.75. The number of amides is 1. The smallest absolute Gasteiger partial charge is 0.225 e. The first kappa shape index (κ1) is 17.9. The minimum atomic E-state index is 0.143. The van der Waals surface area contributed by atoms with E-state index >= 15 is 0 Å². The summed E-state index contributed by atoms with van der Waals surface area (Å²) >= 11 is 1.92. The summed E-state index contributed by atoms with van der Waals surface area (Å²) in [6, 6.07) is 4.50. The molecule has 0 saturated carbocycles. The van der Waals surface area contributed by atoms with Gasteiger partial charge in [0.05, 0.1) is 0 Å². The lowest BCUT2D eigenvalue weighted by Crippen LogP contribution is -2.50. The van der Waals surface area contributed by atoms with Crippen LogP contribution in [0.5, 0.6) is 0 Å². The van der Waals surface area contributed by atoms with Crippen LogP contribution in [0.3, 0.4) is 0 Å². The highest BCUT2D eigenvalue weighted by Gasteiger charge is 2.30. The van der Waals surface area contributed by atoms with Crippen molar-refractivity contribution in [3.8, 4) is 0 Å². The van der Waals surface area contributed by atoms with Gasteiger partial charge in [0.15, 0.2) is 0 Å². The molecule has 0 radical (unpaired) electrons. The van der Waals surface area contributed by atoms with Crippen molar-refractivity contribution in [3.63, 3.8) is 0 Å². The van der Waals surface area contributed by atoms with Gasteiger partial charge in [0.1, 0.15) is 0 Å². The first-order valence-electron chi connectivity index (χ1n) is 9.34. The van der Waals surface area contributed by atoms with Crippen LogP contribution in [-0.2, 0) is 22.5 Å². The summed E-state index contributed by atoms with van der Waals surface area (Å²) in [6.45, 7) is 10.7. The highest BCUT2D eigenvalue weighted by molar-refractivity contribution is 7.11. The molecule has 2 aliphatic rings. The molecule has 1 aromatic heterocycles. The summed E-state index contributed by atoms with van der Waals surface area (Å²) in [7, 11) is 0. The molecule has 0 aromatic carbocycles. The molecule has 1 unspecified atom stereocenters. The molecular weight excluding hydrogens is 320 g/mol. The number of aryl methyl sites for hydroxylation is 1. The van der Waals surface area contributed by atoms with E-state index in [1.807, 2.05) is 11.3 Å². The lowest BCUT2D eigenvalue weighted by atomic mass is 9.86. The molecule has 0 N–H and O–H groups in total. The third-order valence-corrected chi connectivity index (χ3v) is 6.71. The Kier molecular flexibility index (Phi) is 6.31. The molecule has 0 spiro atoms. The number of hydrogen-bond acceptors (Lipinski definition) is 4. The minimum Gasteiger partial charge on any atom is -0.381 e. The third kappa shape index (κ3) is 4.38. The molecule has 2 fully saturated rings. The molecule has 0 aliphatic carbocycles. The van der Waals surface area contributed by atoms with Gasteiger partial charge in [0.25, 0.3) is 0 Å². The second kappa shape index (κ2) is 8.45. The summed E-state index contributed by atoms with van der Waals surface area (Å²) in [5.74, 6) is 0.999. The predicted molar refractivity (Wildman–Crippen MR) is 98.3 cm³/mol. The van der Waals surface area contributed by atoms with Gasteiger partial charge in [-0.25, -0.2) is 0 Å². The van der Waals surface area contributed by atoms with E-state index in [9.17, 15) is 4.79 Å². The van der Waals surface area contributed by atoms with Gasteiger partial charge in [0.2, 0.25) is 5.91 Å². The van der Waals surface area contributed by atoms with Crippen LogP contribution in [0.1, 0.15) is 36.4 Å². The van der Waals surface area contributed by atoms with Crippen LogP contribution in [0.2, 0.25) is 0 Å². The van der Waals surface area contributed by atoms with Crippen molar-refractivity contribution in [1.29, 1.82) is 0 Å². The number of piperazine rings is 1. The Morgan fingerprint density at radius 3 is 2.50 bits per heavy atom. The number of nitrogens with zero attached hydrogens (tertiary/aromatic N) is 2. The lowest BCUT2D eigenvalue weighted by Gasteiger charge is -2.37. The normalized spacial score (nSPS) is 21.8. The number of rotatable bonds is 5. The van der Waals surface area contributed by atoms with Crippen LogP contribution in [0.4, 0.5) is 0 Å². The zero-order chi connectivity index (χ0) is 16.9. The van der Waals surface area contributed by atoms with Crippen molar-refractivity contribution >= 4 is 17.2 Å². The van der Waals surface area contributed by atoms with Gasteiger partial charge >= 0.3 is 0 Å². The monoisotopic (exact) mass is 350 g/mol. The molecule has 5 heteroatoms. The molecule has 2 saturated heterocycles. The summed E-state index contributed by atoms with van der Waals surface area (Å²) in [6.07, 6.45) is 3.19. The SMILES string of the molecule is CCc1ccc(CN2CCN(C(=O)C(C)C3CCOCC3)CC2)s1. The van der Waals surface area contributed by atoms with Crippen LogP contribution < -0.4 is 0 Å². The number of hydrogen-bond donors (Lipinski definition) is 0. The van der Waals surface area contributed by atoms with Crippen molar-refractivity contribution in [2.45, 2.75) is 39.7 Å². The maximum atomic E-state index is 12.8. The van der Waals surface area contributed by atoms with E-state index in [0.717, 1.165) is 65.2 Å². The third-order valence-electron chi connectivity index (χ3n) is 5.49. The summed E-state index contributed by atoms with van der Waals surface area (Å²) < 4.78 is 5.42. The standard InChI is InChI=1S/C19H30N2O2S/c1-3-17-4-5-18(24-17)14-20-8-10-21(11-9-20)19(22)15(2)16-6-12-23-13-7-16/h4-5,15-16H,3,6-14H2,1-2H3. The van der Waals surface area contributed by atoms with Crippen LogP contribution in [-0.4, -0.2) is 55.1 Å². The highest BCUT2D eigenvalue weighted by Crippen LogP contribution is 2.26. The average molecular weight is 351 g/mol. The van der Waals surface area contributed by atoms with Crippen molar-refractivity contribution in [3.05, 3.63) is 21.9 Å². The van der Waals surface area contributed by atoms with Gasteiger partial charge in [-0.3, -0.25) is 9.69 Å². The Morgan fingerprint density at radius 2 is 1.88 bits per heavy atom. The fourth-order valence-electron chi connectivity index (χ4n) is 3.75.